The predicted octanol–water partition coefficient (Wildman–Crippen LogP) is -0.366. The van der Waals surface area contributed by atoms with Gasteiger partial charge in [0.2, 0.25) is 0 Å². The minimum atomic E-state index is -0.288. The number of ether oxygens (including phenoxy) is 1. The lowest BCUT2D eigenvalue weighted by molar-refractivity contribution is -0.143. The van der Waals surface area contributed by atoms with Crippen LogP contribution in [0.15, 0.2) is 24.5 Å². The van der Waals surface area contributed by atoms with E-state index in [0.717, 1.165) is 16.8 Å². The molecule has 1 heterocycles. The number of carbonyl (C=O) groups excluding carboxylic acids is 1. The number of aryl methyl sites for hydroxylation is 3. The number of anilines is 1. The Labute approximate surface area is 141 Å². The van der Waals surface area contributed by atoms with E-state index in [1.165, 1.54) is 5.56 Å². The van der Waals surface area contributed by atoms with E-state index < -0.39 is 0 Å². The molecule has 0 atom stereocenters. The van der Waals surface area contributed by atoms with Crippen LogP contribution in [0.5, 0.6) is 0 Å². The number of nitrogen functional groups attached to an aromatic ring is 1. The van der Waals surface area contributed by atoms with Crippen molar-refractivity contribution in [2.24, 2.45) is 0 Å². The van der Waals surface area contributed by atoms with Crippen molar-refractivity contribution < 1.29 is 26.5 Å². The zero-order valence-corrected chi connectivity index (χ0v) is 15.0. The van der Waals surface area contributed by atoms with E-state index in [9.17, 15) is 4.79 Å². The highest BCUT2D eigenvalue weighted by Gasteiger charge is 2.19. The first-order valence-corrected chi connectivity index (χ1v) is 7.04. The maximum absolute atomic E-state index is 11.6. The molecule has 0 bridgehead atoms. The quantitative estimate of drug-likeness (QED) is 0.592. The number of rotatable bonds is 4. The summed E-state index contributed by atoms with van der Waals surface area (Å²) in [7, 11) is 0. The number of benzene rings is 1. The summed E-state index contributed by atoms with van der Waals surface area (Å²) in [6.07, 6.45) is 3.67. The summed E-state index contributed by atoms with van der Waals surface area (Å²) >= 11 is 0. The second kappa shape index (κ2) is 7.45. The van der Waals surface area contributed by atoms with E-state index >= 15 is 0 Å². The van der Waals surface area contributed by atoms with Crippen LogP contribution in [0.2, 0.25) is 0 Å². The third-order valence-corrected chi connectivity index (χ3v) is 3.42. The molecular weight excluding hydrogens is 346 g/mol. The van der Waals surface area contributed by atoms with Crippen molar-refractivity contribution in [1.82, 2.24) is 9.13 Å². The Hall–Kier alpha value is -1.82. The molecule has 0 aliphatic heterocycles. The number of imidazole rings is 1. The van der Waals surface area contributed by atoms with Gasteiger partial charge in [-0.1, -0.05) is 0 Å². The first kappa shape index (κ1) is 18.2. The number of carbonyl (C=O) groups is 1. The number of hydrogen-bond donors (Lipinski definition) is 1. The Balaban J connectivity index is 0.00000242. The molecule has 2 rings (SSSR count). The van der Waals surface area contributed by atoms with Gasteiger partial charge >= 0.3 is 5.97 Å². The largest absolute Gasteiger partial charge is 1.00 e. The molecule has 0 fully saturated rings. The highest BCUT2D eigenvalue weighted by Crippen LogP contribution is 2.24. The average Bonchev–Trinajstić information content (AvgIpc) is 2.71. The first-order valence-electron chi connectivity index (χ1n) is 7.04. The van der Waals surface area contributed by atoms with Crippen molar-refractivity contribution in [3.63, 3.8) is 0 Å². The summed E-state index contributed by atoms with van der Waals surface area (Å²) in [6, 6.07) is 4.24. The van der Waals surface area contributed by atoms with Gasteiger partial charge in [0, 0.05) is 11.1 Å². The molecule has 0 unspecified atom stereocenters. The predicted molar refractivity (Wildman–Crippen MR) is 83.4 cm³/mol. The topological polar surface area (TPSA) is 62.2 Å². The molecule has 0 radical (unpaired) electrons. The molecule has 0 spiro atoms. The minimum absolute atomic E-state index is 0. The van der Waals surface area contributed by atoms with Gasteiger partial charge in [-0.15, -0.1) is 0 Å². The van der Waals surface area contributed by atoms with Crippen LogP contribution in [0.3, 0.4) is 0 Å². The van der Waals surface area contributed by atoms with Crippen LogP contribution < -0.4 is 22.7 Å². The highest BCUT2D eigenvalue weighted by atomic mass is 79.9. The van der Waals surface area contributed by atoms with Crippen LogP contribution in [0.1, 0.15) is 23.6 Å². The van der Waals surface area contributed by atoms with Gasteiger partial charge in [0.25, 0.3) is 5.95 Å². The molecule has 1 aromatic heterocycles. The Morgan fingerprint density at radius 1 is 1.23 bits per heavy atom. The molecule has 0 saturated carbocycles. The van der Waals surface area contributed by atoms with E-state index in [1.807, 2.05) is 10.8 Å². The molecular formula is C16H22BrN3O2. The van der Waals surface area contributed by atoms with Crippen LogP contribution in [0.4, 0.5) is 5.95 Å². The third-order valence-electron chi connectivity index (χ3n) is 3.42. The maximum Gasteiger partial charge on any atom is 0.328 e. The molecule has 120 valence electrons. The van der Waals surface area contributed by atoms with Crippen molar-refractivity contribution in [3.8, 4) is 5.69 Å². The summed E-state index contributed by atoms with van der Waals surface area (Å²) in [5, 5.41) is 0. The molecule has 0 aliphatic carbocycles. The van der Waals surface area contributed by atoms with Crippen LogP contribution in [-0.4, -0.2) is 21.7 Å². The number of aromatic nitrogens is 2. The Morgan fingerprint density at radius 2 is 1.82 bits per heavy atom. The zero-order chi connectivity index (χ0) is 15.6. The van der Waals surface area contributed by atoms with E-state index in [0.29, 0.717) is 12.6 Å². The van der Waals surface area contributed by atoms with Gasteiger partial charge in [-0.25, -0.2) is 4.57 Å². The Bertz CT molecular complexity index is 657. The van der Waals surface area contributed by atoms with Gasteiger partial charge in [0.1, 0.15) is 24.6 Å². The van der Waals surface area contributed by atoms with Gasteiger partial charge in [0.05, 0.1) is 6.61 Å². The Morgan fingerprint density at radius 3 is 2.36 bits per heavy atom. The number of esters is 1. The second-order valence-corrected chi connectivity index (χ2v) is 5.21. The molecule has 0 aliphatic rings. The maximum atomic E-state index is 11.6. The number of nitrogens with zero attached hydrogens (tertiary/aromatic N) is 2. The minimum Gasteiger partial charge on any atom is -1.00 e. The molecule has 0 saturated heterocycles. The van der Waals surface area contributed by atoms with Crippen LogP contribution in [0.25, 0.3) is 5.69 Å². The second-order valence-electron chi connectivity index (χ2n) is 5.21. The molecule has 0 amide bonds. The van der Waals surface area contributed by atoms with E-state index in [1.54, 1.807) is 17.7 Å². The molecule has 1 aromatic carbocycles. The molecule has 2 aromatic rings. The van der Waals surface area contributed by atoms with Crippen molar-refractivity contribution >= 4 is 11.9 Å². The van der Waals surface area contributed by atoms with E-state index in [4.69, 9.17) is 10.5 Å². The van der Waals surface area contributed by atoms with E-state index in [-0.39, 0.29) is 29.5 Å². The first-order chi connectivity index (χ1) is 9.93. The number of hydrogen-bond acceptors (Lipinski definition) is 3. The van der Waals surface area contributed by atoms with E-state index in [2.05, 4.69) is 32.9 Å². The molecule has 22 heavy (non-hydrogen) atoms. The van der Waals surface area contributed by atoms with Crippen LogP contribution in [0, 0.1) is 20.8 Å². The molecule has 6 heteroatoms. The number of nitrogens with two attached hydrogens (primary N) is 1. The fourth-order valence-corrected chi connectivity index (χ4v) is 2.66. The highest BCUT2D eigenvalue weighted by molar-refractivity contribution is 5.69. The Kier molecular flexibility index (Phi) is 6.17. The molecule has 5 nitrogen and oxygen atoms in total. The summed E-state index contributed by atoms with van der Waals surface area (Å²) in [6.45, 7) is 8.47. The third kappa shape index (κ3) is 3.68. The lowest BCUT2D eigenvalue weighted by atomic mass is 10.1. The van der Waals surface area contributed by atoms with Gasteiger partial charge < -0.3 is 27.5 Å². The van der Waals surface area contributed by atoms with Gasteiger partial charge in [-0.2, -0.15) is 4.57 Å². The number of halogens is 1. The lowest BCUT2D eigenvalue weighted by Gasteiger charge is -2.08. The van der Waals surface area contributed by atoms with Crippen molar-refractivity contribution in [2.75, 3.05) is 12.3 Å². The van der Waals surface area contributed by atoms with Crippen LogP contribution in [-0.2, 0) is 16.1 Å². The van der Waals surface area contributed by atoms with Crippen molar-refractivity contribution in [3.05, 3.63) is 41.2 Å². The SMILES string of the molecule is CCOC(=O)Cn1ccn(-c2c(C)cc(C)cc2C)[c+]1N.[Br-]. The monoisotopic (exact) mass is 367 g/mol. The summed E-state index contributed by atoms with van der Waals surface area (Å²) in [5.74, 6) is 0.224. The van der Waals surface area contributed by atoms with Crippen LogP contribution >= 0.6 is 0 Å². The standard InChI is InChI=1S/C16H22N3O2.BrH/c1-5-21-14(20)10-18-6-7-19(16(18)17)15-12(3)8-11(2)9-13(15)4;/h6-9H,5,10,17H2,1-4H3;1H/q+1;/p-1. The zero-order valence-electron chi connectivity index (χ0n) is 13.4. The summed E-state index contributed by atoms with van der Waals surface area (Å²) in [5.41, 5.74) is 10.8. The lowest BCUT2D eigenvalue weighted by Crippen LogP contribution is -3.00. The normalized spacial score (nSPS) is 10.2. The fourth-order valence-electron chi connectivity index (χ4n) is 2.66. The van der Waals surface area contributed by atoms with Crippen molar-refractivity contribution in [2.45, 2.75) is 34.2 Å². The smallest absolute Gasteiger partial charge is 0.328 e. The molecule has 2 N–H and O–H groups in total. The summed E-state index contributed by atoms with van der Waals surface area (Å²) in [4.78, 5) is 11.6. The fraction of sp³-hybridized carbons (Fsp3) is 0.375. The van der Waals surface area contributed by atoms with Gasteiger partial charge in [0.15, 0.2) is 0 Å². The van der Waals surface area contributed by atoms with Gasteiger partial charge in [-0.3, -0.25) is 4.79 Å². The average molecular weight is 368 g/mol. The summed E-state index contributed by atoms with van der Waals surface area (Å²) < 4.78 is 8.55. The van der Waals surface area contributed by atoms with Gasteiger partial charge in [-0.05, 0) is 45.4 Å². The van der Waals surface area contributed by atoms with Crippen molar-refractivity contribution in [1.29, 1.82) is 0 Å².